The Morgan fingerprint density at radius 2 is 1.83 bits per heavy atom. The van der Waals surface area contributed by atoms with E-state index in [1.165, 1.54) is 51.3 Å². The molecule has 2 fully saturated rings. The highest BCUT2D eigenvalue weighted by Crippen LogP contribution is 2.67. The maximum Gasteiger partial charge on any atom is 0.248 e. The van der Waals surface area contributed by atoms with Gasteiger partial charge in [0.25, 0.3) is 0 Å². The minimum atomic E-state index is -1.54. The number of benzene rings is 2. The van der Waals surface area contributed by atoms with Gasteiger partial charge in [0, 0.05) is 40.5 Å². The van der Waals surface area contributed by atoms with E-state index < -0.39 is 28.7 Å². The third kappa shape index (κ3) is 4.40. The number of fused-ring (bicyclic) bond motifs is 1. The Bertz CT molecular complexity index is 1730. The highest BCUT2D eigenvalue weighted by Gasteiger charge is 2.65. The van der Waals surface area contributed by atoms with Crippen LogP contribution < -0.4 is 10.5 Å². The fourth-order valence-electron chi connectivity index (χ4n) is 6.33. The second kappa shape index (κ2) is 9.78. The van der Waals surface area contributed by atoms with E-state index in [4.69, 9.17) is 20.2 Å². The second-order valence-electron chi connectivity index (χ2n) is 11.9. The number of aryl methyl sites for hydroxylation is 1. The van der Waals surface area contributed by atoms with Crippen molar-refractivity contribution in [3.8, 4) is 17.0 Å². The van der Waals surface area contributed by atoms with Gasteiger partial charge in [-0.3, -0.25) is 4.79 Å². The zero-order valence-corrected chi connectivity index (χ0v) is 23.9. The molecular formula is C32H32F2N4O4. The first-order valence-electron chi connectivity index (χ1n) is 13.9. The number of ether oxygens (including phenoxy) is 2. The van der Waals surface area contributed by atoms with Gasteiger partial charge in [0.05, 0.1) is 24.1 Å². The molecule has 42 heavy (non-hydrogen) atoms. The lowest BCUT2D eigenvalue weighted by Gasteiger charge is -2.36. The Morgan fingerprint density at radius 3 is 2.45 bits per heavy atom. The smallest absolute Gasteiger partial charge is 0.248 e. The molecule has 1 unspecified atom stereocenters. The van der Waals surface area contributed by atoms with Crippen LogP contribution in [-0.2, 0) is 22.4 Å². The van der Waals surface area contributed by atoms with Crippen molar-refractivity contribution in [2.24, 2.45) is 11.1 Å². The van der Waals surface area contributed by atoms with E-state index in [0.717, 1.165) is 24.8 Å². The van der Waals surface area contributed by atoms with E-state index in [1.807, 2.05) is 6.92 Å². The number of hydrogen-bond acceptors (Lipinski definition) is 7. The third-order valence-corrected chi connectivity index (χ3v) is 8.85. The Kier molecular flexibility index (Phi) is 6.54. The van der Waals surface area contributed by atoms with Crippen LogP contribution in [-0.4, -0.2) is 39.9 Å². The summed E-state index contributed by atoms with van der Waals surface area (Å²) in [5, 5.41) is 20.5. The SMILES string of the molecule is COc1cc(C(N)=O)cc2c(CC3(c4cc(C(C)(C)O)c(F)c(-c5ccc(F)cc5)n4)OCCC34CC4)c(C)nnc12. The monoisotopic (exact) mass is 574 g/mol. The average molecular weight is 575 g/mol. The molecule has 0 radical (unpaired) electrons. The van der Waals surface area contributed by atoms with E-state index in [2.05, 4.69) is 10.2 Å². The zero-order valence-electron chi connectivity index (χ0n) is 23.9. The summed E-state index contributed by atoms with van der Waals surface area (Å²) < 4.78 is 42.0. The Labute approximate surface area is 241 Å². The average Bonchev–Trinajstić information content (AvgIpc) is 3.65. The standard InChI is InChI=1S/C32H32F2N4O4/c1-17-22(21-13-19(29(35)39)14-24(41-4)28(21)38-37-17)16-32(31(9-10-31)11-12-42-32)25-15-23(30(2,3)40)26(34)27(36-25)18-5-7-20(33)8-6-18/h5-8,13-15,40H,9-12,16H2,1-4H3,(H2,35,39). The number of amides is 1. The van der Waals surface area contributed by atoms with Crippen molar-refractivity contribution in [3.05, 3.63) is 82.2 Å². The molecular weight excluding hydrogens is 542 g/mol. The first kappa shape index (κ1) is 28.1. The molecule has 3 N–H and O–H groups in total. The van der Waals surface area contributed by atoms with Crippen molar-refractivity contribution in [3.63, 3.8) is 0 Å². The summed E-state index contributed by atoms with van der Waals surface area (Å²) in [6.45, 7) is 5.33. The molecule has 4 aromatic rings. The largest absolute Gasteiger partial charge is 0.494 e. The molecule has 2 aromatic carbocycles. The molecule has 3 heterocycles. The molecule has 1 amide bonds. The van der Waals surface area contributed by atoms with Crippen molar-refractivity contribution >= 4 is 16.8 Å². The van der Waals surface area contributed by atoms with E-state index in [9.17, 15) is 14.3 Å². The first-order valence-corrected chi connectivity index (χ1v) is 13.9. The van der Waals surface area contributed by atoms with Crippen molar-refractivity contribution < 1.29 is 28.2 Å². The fourth-order valence-corrected chi connectivity index (χ4v) is 6.33. The maximum absolute atomic E-state index is 16.0. The maximum atomic E-state index is 16.0. The summed E-state index contributed by atoms with van der Waals surface area (Å²) in [4.78, 5) is 17.1. The van der Waals surface area contributed by atoms with Crippen molar-refractivity contribution in [2.75, 3.05) is 13.7 Å². The summed E-state index contributed by atoms with van der Waals surface area (Å²) >= 11 is 0. The lowest BCUT2D eigenvalue weighted by molar-refractivity contribution is -0.0391. The highest BCUT2D eigenvalue weighted by atomic mass is 19.1. The van der Waals surface area contributed by atoms with E-state index >= 15 is 4.39 Å². The van der Waals surface area contributed by atoms with Gasteiger partial charge in [0.1, 0.15) is 28.4 Å². The van der Waals surface area contributed by atoms with Gasteiger partial charge in [-0.15, -0.1) is 5.10 Å². The number of nitrogens with two attached hydrogens (primary N) is 1. The fraction of sp³-hybridized carbons (Fsp3) is 0.375. The number of hydrogen-bond donors (Lipinski definition) is 2. The first-order chi connectivity index (χ1) is 19.9. The number of methoxy groups -OCH3 is 1. The van der Waals surface area contributed by atoms with Gasteiger partial charge in [0.2, 0.25) is 5.91 Å². The highest BCUT2D eigenvalue weighted by molar-refractivity contribution is 6.00. The van der Waals surface area contributed by atoms with Crippen LogP contribution in [0.3, 0.4) is 0 Å². The third-order valence-electron chi connectivity index (χ3n) is 8.85. The van der Waals surface area contributed by atoms with E-state index in [1.54, 1.807) is 12.1 Å². The number of pyridine rings is 1. The Morgan fingerprint density at radius 1 is 1.12 bits per heavy atom. The van der Waals surface area contributed by atoms with Crippen LogP contribution in [0, 0.1) is 24.0 Å². The van der Waals surface area contributed by atoms with Crippen LogP contribution in [0.15, 0.2) is 42.5 Å². The summed E-state index contributed by atoms with van der Waals surface area (Å²) in [6, 6.07) is 10.2. The minimum absolute atomic E-state index is 0.00224. The number of carbonyl (C=O) groups excluding carboxylic acids is 1. The van der Waals surface area contributed by atoms with Crippen LogP contribution in [0.4, 0.5) is 8.78 Å². The molecule has 1 saturated carbocycles. The van der Waals surface area contributed by atoms with Gasteiger partial charge in [-0.1, -0.05) is 0 Å². The second-order valence-corrected chi connectivity index (χ2v) is 11.9. The molecule has 10 heteroatoms. The summed E-state index contributed by atoms with van der Waals surface area (Å²) in [6.07, 6.45) is 2.83. The van der Waals surface area contributed by atoms with Gasteiger partial charge in [-0.25, -0.2) is 13.8 Å². The molecule has 1 aliphatic carbocycles. The zero-order chi connectivity index (χ0) is 30.0. The molecule has 2 aromatic heterocycles. The van der Waals surface area contributed by atoms with Crippen molar-refractivity contribution in [1.82, 2.24) is 15.2 Å². The Hall–Kier alpha value is -4.02. The molecule has 6 rings (SSSR count). The number of aromatic nitrogens is 3. The molecule has 1 aliphatic heterocycles. The van der Waals surface area contributed by atoms with E-state index in [0.29, 0.717) is 46.6 Å². The summed E-state index contributed by atoms with van der Waals surface area (Å²) in [7, 11) is 1.49. The summed E-state index contributed by atoms with van der Waals surface area (Å²) in [5.41, 5.74) is 5.87. The molecule has 218 valence electrons. The van der Waals surface area contributed by atoms with Crippen LogP contribution >= 0.6 is 0 Å². The minimum Gasteiger partial charge on any atom is -0.494 e. The number of carbonyl (C=O) groups is 1. The van der Waals surface area contributed by atoms with Crippen molar-refractivity contribution in [1.29, 1.82) is 0 Å². The Balaban J connectivity index is 1.62. The van der Waals surface area contributed by atoms with Gasteiger partial charge < -0.3 is 20.3 Å². The molecule has 1 atom stereocenters. The molecule has 1 saturated heterocycles. The predicted molar refractivity (Wildman–Crippen MR) is 152 cm³/mol. The lowest BCUT2D eigenvalue weighted by Crippen LogP contribution is -2.39. The van der Waals surface area contributed by atoms with Crippen LogP contribution in [0.2, 0.25) is 0 Å². The van der Waals surface area contributed by atoms with E-state index in [-0.39, 0.29) is 22.2 Å². The van der Waals surface area contributed by atoms with Crippen LogP contribution in [0.5, 0.6) is 5.75 Å². The lowest BCUT2D eigenvalue weighted by atomic mass is 9.75. The van der Waals surface area contributed by atoms with Crippen molar-refractivity contribution in [2.45, 2.75) is 57.7 Å². The number of rotatable bonds is 7. The van der Waals surface area contributed by atoms with Crippen LogP contribution in [0.25, 0.3) is 22.2 Å². The van der Waals surface area contributed by atoms with Crippen LogP contribution in [0.1, 0.15) is 66.0 Å². The summed E-state index contributed by atoms with van der Waals surface area (Å²) in [5.74, 6) is -1.39. The van der Waals surface area contributed by atoms with Gasteiger partial charge in [-0.05, 0) is 88.1 Å². The topological polar surface area (TPSA) is 120 Å². The molecule has 2 aliphatic rings. The van der Waals surface area contributed by atoms with Gasteiger partial charge >= 0.3 is 0 Å². The number of halogens is 2. The number of nitrogens with zero attached hydrogens (tertiary/aromatic N) is 3. The molecule has 0 bridgehead atoms. The van der Waals surface area contributed by atoms with Gasteiger partial charge in [-0.2, -0.15) is 5.10 Å². The number of aliphatic hydroxyl groups is 1. The number of primary amides is 1. The van der Waals surface area contributed by atoms with Gasteiger partial charge in [0.15, 0.2) is 5.82 Å². The predicted octanol–water partition coefficient (Wildman–Crippen LogP) is 5.25. The normalized spacial score (nSPS) is 19.4. The molecule has 1 spiro atoms. The molecule has 8 nitrogen and oxygen atoms in total. The quantitative estimate of drug-likeness (QED) is 0.309.